The van der Waals surface area contributed by atoms with Gasteiger partial charge in [0.15, 0.2) is 0 Å². The van der Waals surface area contributed by atoms with Crippen LogP contribution in [0.2, 0.25) is 0 Å². The number of anilines is 1. The van der Waals surface area contributed by atoms with E-state index in [0.717, 1.165) is 5.39 Å². The predicted octanol–water partition coefficient (Wildman–Crippen LogP) is 1.76. The van der Waals surface area contributed by atoms with Crippen molar-refractivity contribution in [1.29, 1.82) is 0 Å². The zero-order chi connectivity index (χ0) is 20.8. The fourth-order valence-corrected chi connectivity index (χ4v) is 3.84. The van der Waals surface area contributed by atoms with E-state index in [-0.39, 0.29) is 11.9 Å². The number of benzene rings is 1. The summed E-state index contributed by atoms with van der Waals surface area (Å²) in [5.41, 5.74) is 2.90. The van der Waals surface area contributed by atoms with Crippen molar-refractivity contribution in [3.63, 3.8) is 0 Å². The first kappa shape index (κ1) is 18.6. The number of aromatic amines is 1. The third-order valence-corrected chi connectivity index (χ3v) is 5.43. The normalized spacial score (nSPS) is 19.1. The number of β-amino-alcohol motifs (C(OH)–C–C–N with tert-alkyl or cyclic N) is 1. The van der Waals surface area contributed by atoms with Gasteiger partial charge in [0.1, 0.15) is 29.8 Å². The van der Waals surface area contributed by atoms with Gasteiger partial charge >= 0.3 is 0 Å². The van der Waals surface area contributed by atoms with Gasteiger partial charge in [0.05, 0.1) is 23.5 Å². The molecular formula is C20H20FN7O2. The Morgan fingerprint density at radius 2 is 2.10 bits per heavy atom. The van der Waals surface area contributed by atoms with Crippen LogP contribution in [0.1, 0.15) is 0 Å². The van der Waals surface area contributed by atoms with E-state index in [1.165, 1.54) is 12.4 Å². The molecule has 0 amide bonds. The molecule has 1 aromatic carbocycles. The van der Waals surface area contributed by atoms with E-state index in [4.69, 9.17) is 4.74 Å². The second kappa shape index (κ2) is 7.15. The van der Waals surface area contributed by atoms with Gasteiger partial charge in [0.25, 0.3) is 0 Å². The molecule has 4 heterocycles. The van der Waals surface area contributed by atoms with Crippen molar-refractivity contribution >= 4 is 16.7 Å². The maximum atomic E-state index is 14.6. The number of hydrogen-bond acceptors (Lipinski definition) is 7. The van der Waals surface area contributed by atoms with E-state index in [0.29, 0.717) is 46.9 Å². The second-order valence-electron chi connectivity index (χ2n) is 7.36. The summed E-state index contributed by atoms with van der Waals surface area (Å²) >= 11 is 0. The average molecular weight is 409 g/mol. The number of ether oxygens (including phenoxy) is 1. The summed E-state index contributed by atoms with van der Waals surface area (Å²) in [5, 5.41) is 22.2. The number of aromatic nitrogens is 6. The van der Waals surface area contributed by atoms with Gasteiger partial charge in [-0.25, -0.2) is 14.4 Å². The van der Waals surface area contributed by atoms with Crippen LogP contribution in [0.4, 0.5) is 10.2 Å². The monoisotopic (exact) mass is 409 g/mol. The van der Waals surface area contributed by atoms with Crippen LogP contribution in [0, 0.1) is 5.82 Å². The summed E-state index contributed by atoms with van der Waals surface area (Å²) < 4.78 is 21.6. The van der Waals surface area contributed by atoms with Gasteiger partial charge in [0, 0.05) is 62.1 Å². The summed E-state index contributed by atoms with van der Waals surface area (Å²) in [6, 6.07) is 4.99. The molecule has 3 aromatic heterocycles. The number of H-pyrrole nitrogens is 1. The molecule has 0 spiro atoms. The molecule has 1 fully saturated rings. The van der Waals surface area contributed by atoms with Crippen molar-refractivity contribution in [1.82, 2.24) is 29.9 Å². The molecule has 0 bridgehead atoms. The highest BCUT2D eigenvalue weighted by molar-refractivity contribution is 5.95. The molecule has 4 aromatic rings. The maximum Gasteiger partial charge on any atom is 0.133 e. The largest absolute Gasteiger partial charge is 0.388 e. The van der Waals surface area contributed by atoms with Gasteiger partial charge in [-0.15, -0.1) is 0 Å². The molecule has 154 valence electrons. The highest BCUT2D eigenvalue weighted by Crippen LogP contribution is 2.32. The minimum absolute atomic E-state index is 0.264. The molecule has 1 saturated heterocycles. The highest BCUT2D eigenvalue weighted by atomic mass is 19.1. The molecule has 2 N–H and O–H groups in total. The third kappa shape index (κ3) is 3.10. The van der Waals surface area contributed by atoms with Crippen LogP contribution in [-0.2, 0) is 11.8 Å². The van der Waals surface area contributed by atoms with Crippen molar-refractivity contribution in [3.05, 3.63) is 42.7 Å². The lowest BCUT2D eigenvalue weighted by Gasteiger charge is -2.16. The lowest BCUT2D eigenvalue weighted by Crippen LogP contribution is -2.25. The molecular weight excluding hydrogens is 389 g/mol. The van der Waals surface area contributed by atoms with Crippen LogP contribution in [0.25, 0.3) is 33.4 Å². The van der Waals surface area contributed by atoms with Crippen molar-refractivity contribution < 1.29 is 14.2 Å². The van der Waals surface area contributed by atoms with E-state index in [1.807, 2.05) is 11.0 Å². The summed E-state index contributed by atoms with van der Waals surface area (Å²) in [5.74, 6) is 0.315. The lowest BCUT2D eigenvalue weighted by atomic mass is 10.0. The fraction of sp³-hybridized carbons (Fsp3) is 0.300. The van der Waals surface area contributed by atoms with Crippen LogP contribution in [0.3, 0.4) is 0 Å². The Hall–Kier alpha value is -3.37. The van der Waals surface area contributed by atoms with E-state index in [1.54, 1.807) is 37.3 Å². The number of methoxy groups -OCH3 is 1. The Kier molecular flexibility index (Phi) is 4.44. The molecule has 0 radical (unpaired) electrons. The smallest absolute Gasteiger partial charge is 0.133 e. The van der Waals surface area contributed by atoms with Gasteiger partial charge in [-0.05, 0) is 6.07 Å². The first-order valence-electron chi connectivity index (χ1n) is 9.48. The van der Waals surface area contributed by atoms with Crippen molar-refractivity contribution in [2.24, 2.45) is 7.05 Å². The van der Waals surface area contributed by atoms with Gasteiger partial charge in [0.2, 0.25) is 0 Å². The molecule has 0 aliphatic carbocycles. The molecule has 9 nitrogen and oxygen atoms in total. The van der Waals surface area contributed by atoms with Gasteiger partial charge in [-0.2, -0.15) is 10.2 Å². The van der Waals surface area contributed by atoms with E-state index in [2.05, 4.69) is 25.3 Å². The topological polar surface area (TPSA) is 105 Å². The number of nitrogens with zero attached hydrogens (tertiary/aromatic N) is 6. The lowest BCUT2D eigenvalue weighted by molar-refractivity contribution is 0.0217. The first-order chi connectivity index (χ1) is 14.5. The number of halogens is 1. The van der Waals surface area contributed by atoms with Crippen molar-refractivity contribution in [2.75, 3.05) is 25.1 Å². The van der Waals surface area contributed by atoms with Crippen LogP contribution in [-0.4, -0.2) is 67.5 Å². The van der Waals surface area contributed by atoms with Crippen LogP contribution >= 0.6 is 0 Å². The fourth-order valence-electron chi connectivity index (χ4n) is 3.84. The summed E-state index contributed by atoms with van der Waals surface area (Å²) in [4.78, 5) is 10.6. The Labute approximate surface area is 171 Å². The standard InChI is InChI=1S/C20H20FN7O2/c1-27-7-11(6-24-27)12-3-13-15(4-14(12)21)25-26-20(13)16-5-19(23-10-22-16)28-8-17(29)18(9-28)30-2/h3-7,10,17-18,29H,8-9H2,1-2H3,(H,25,26)/t17-,18-/m1/s1. The van der Waals surface area contributed by atoms with Crippen LogP contribution in [0.15, 0.2) is 36.9 Å². The Morgan fingerprint density at radius 1 is 1.23 bits per heavy atom. The Balaban J connectivity index is 1.55. The van der Waals surface area contributed by atoms with Crippen LogP contribution < -0.4 is 4.90 Å². The molecule has 1 aliphatic heterocycles. The predicted molar refractivity (Wildman–Crippen MR) is 108 cm³/mol. The SMILES string of the molecule is CO[C@@H]1CN(c2cc(-c3n[nH]c4cc(F)c(-c5cnn(C)c5)cc34)ncn2)C[C@H]1O. The zero-order valence-corrected chi connectivity index (χ0v) is 16.4. The van der Waals surface area contributed by atoms with E-state index < -0.39 is 6.10 Å². The molecule has 0 saturated carbocycles. The molecule has 30 heavy (non-hydrogen) atoms. The average Bonchev–Trinajstić information content (AvgIpc) is 3.45. The Morgan fingerprint density at radius 3 is 2.83 bits per heavy atom. The molecule has 2 atom stereocenters. The number of aliphatic hydroxyl groups excluding tert-OH is 1. The minimum Gasteiger partial charge on any atom is -0.388 e. The Bertz CT molecular complexity index is 1220. The molecule has 1 aliphatic rings. The minimum atomic E-state index is -0.579. The number of rotatable bonds is 4. The van der Waals surface area contributed by atoms with Crippen molar-refractivity contribution in [3.8, 4) is 22.5 Å². The van der Waals surface area contributed by atoms with Crippen molar-refractivity contribution in [2.45, 2.75) is 12.2 Å². The zero-order valence-electron chi connectivity index (χ0n) is 16.4. The first-order valence-corrected chi connectivity index (χ1v) is 9.48. The number of fused-ring (bicyclic) bond motifs is 1. The number of hydrogen-bond donors (Lipinski definition) is 2. The van der Waals surface area contributed by atoms with Gasteiger partial charge in [-0.3, -0.25) is 9.78 Å². The van der Waals surface area contributed by atoms with Gasteiger partial charge in [-0.1, -0.05) is 0 Å². The highest BCUT2D eigenvalue weighted by Gasteiger charge is 2.32. The molecule has 10 heteroatoms. The number of aryl methyl sites for hydroxylation is 1. The number of aliphatic hydroxyl groups is 1. The molecule has 0 unspecified atom stereocenters. The summed E-state index contributed by atoms with van der Waals surface area (Å²) in [6.45, 7) is 0.957. The van der Waals surface area contributed by atoms with Crippen LogP contribution in [0.5, 0.6) is 0 Å². The quantitative estimate of drug-likeness (QED) is 0.529. The molecule has 5 rings (SSSR count). The number of nitrogens with one attached hydrogen (secondary N) is 1. The summed E-state index contributed by atoms with van der Waals surface area (Å²) in [6.07, 6.45) is 4.00. The van der Waals surface area contributed by atoms with E-state index >= 15 is 0 Å². The second-order valence-corrected chi connectivity index (χ2v) is 7.36. The van der Waals surface area contributed by atoms with E-state index in [9.17, 15) is 9.50 Å². The maximum absolute atomic E-state index is 14.6. The van der Waals surface area contributed by atoms with Gasteiger partial charge < -0.3 is 14.7 Å². The summed E-state index contributed by atoms with van der Waals surface area (Å²) in [7, 11) is 3.37. The third-order valence-electron chi connectivity index (χ3n) is 5.43.